The van der Waals surface area contributed by atoms with Gasteiger partial charge in [0.2, 0.25) is 5.69 Å². The molecule has 0 spiro atoms. The summed E-state index contributed by atoms with van der Waals surface area (Å²) in [6.07, 6.45) is 3.17. The molecule has 0 aliphatic heterocycles. The Kier molecular flexibility index (Phi) is 16.5. The van der Waals surface area contributed by atoms with Gasteiger partial charge >= 0.3 is 0 Å². The molecule has 26 rings (SSSR count). The number of hydrogen-bond donors (Lipinski definition) is 0. The second kappa shape index (κ2) is 28.6. The zero-order valence-electron chi connectivity index (χ0n) is 65.9. The Morgan fingerprint density at radius 1 is 0.238 bits per heavy atom. The van der Waals surface area contributed by atoms with Crippen LogP contribution >= 0.6 is 11.3 Å². The molecule has 5 aromatic heterocycles. The van der Waals surface area contributed by atoms with Crippen molar-refractivity contribution in [1.29, 1.82) is 36.8 Å². The summed E-state index contributed by atoms with van der Waals surface area (Å²) in [4.78, 5) is 31.6. The number of fused-ring (bicyclic) bond motifs is 36. The van der Waals surface area contributed by atoms with Crippen molar-refractivity contribution in [3.05, 3.63) is 354 Å². The highest BCUT2D eigenvalue weighted by Gasteiger charge is 2.23. The van der Waals surface area contributed by atoms with E-state index < -0.39 is 0 Å². The molecule has 0 saturated heterocycles. The van der Waals surface area contributed by atoms with Gasteiger partial charge < -0.3 is 4.42 Å². The van der Waals surface area contributed by atoms with Gasteiger partial charge in [-0.15, -0.1) is 11.3 Å². The van der Waals surface area contributed by atoms with Gasteiger partial charge in [-0.1, -0.05) is 146 Å². The summed E-state index contributed by atoms with van der Waals surface area (Å²) in [5.74, 6) is 0. The van der Waals surface area contributed by atoms with Crippen LogP contribution in [-0.2, 0) is 0 Å². The third kappa shape index (κ3) is 11.4. The summed E-state index contributed by atoms with van der Waals surface area (Å²) in [7, 11) is 0. The van der Waals surface area contributed by atoms with Gasteiger partial charge in [-0.25, -0.2) is 34.7 Å². The standard InChI is InChI=1S/C30H14N2O.C30H14N2S.C26H12N4.C24H10N6/c31-15-19-11-24-22-9-17-5-1-2-6-18(17)10-23(22)27-14-30-28(21-7-3-4-8-29(21)33-30)13-26(27)25(24)12-20(19)16-32;1-32-28-14-25-23(12-19(28)16-31)21-10-17-6-2-3-7-18(17)11-22(21)26-15-30-27(13-24(25)26)20-8-4-5-9-29(20)33-30;27-13-17-11-20-19-9-15-5-1-2-6-16(15)10-21(19)25-26(22(20)12-18(17)14-28)30-24-8-4-3-7-23(24)29-25;25-11-15-9-18-17-7-13-3-1-2-4-14(13)8-19(17)21-22(20(18)10-16(15)12-26)30-24-23(29-21)27-5-6-28-24/h1-14H;2-15H;1-12H;1-10H. The van der Waals surface area contributed by atoms with Crippen molar-refractivity contribution < 1.29 is 4.42 Å². The van der Waals surface area contributed by atoms with Crippen LogP contribution in [0.25, 0.3) is 242 Å². The number of benzene rings is 21. The monoisotopic (exact) mass is 1610 g/mol. The lowest BCUT2D eigenvalue weighted by Gasteiger charge is -2.13. The van der Waals surface area contributed by atoms with Crippen LogP contribution in [0, 0.1) is 85.9 Å². The number of aromatic nitrogens is 6. The van der Waals surface area contributed by atoms with Crippen LogP contribution in [0.5, 0.6) is 0 Å². The molecule has 0 fully saturated rings. The van der Waals surface area contributed by atoms with Crippen molar-refractivity contribution in [1.82, 2.24) is 29.9 Å². The van der Waals surface area contributed by atoms with E-state index in [0.717, 1.165) is 173 Å². The van der Waals surface area contributed by atoms with Crippen LogP contribution in [-0.4, -0.2) is 29.9 Å². The molecule has 0 amide bonds. The zero-order valence-corrected chi connectivity index (χ0v) is 66.8. The first-order valence-corrected chi connectivity index (χ1v) is 41.1. The van der Waals surface area contributed by atoms with Gasteiger partial charge in [0.05, 0.1) is 84.7 Å². The van der Waals surface area contributed by atoms with E-state index in [1.54, 1.807) is 36.7 Å². The van der Waals surface area contributed by atoms with E-state index in [9.17, 15) is 36.8 Å². The van der Waals surface area contributed by atoms with Crippen LogP contribution in [0.4, 0.5) is 5.69 Å². The number of para-hydroxylation sites is 3. The van der Waals surface area contributed by atoms with E-state index in [-0.39, 0.29) is 0 Å². The second-order valence-corrected chi connectivity index (χ2v) is 32.2. The molecular weight excluding hydrogens is 1570 g/mol. The normalized spacial score (nSPS) is 11.4. The van der Waals surface area contributed by atoms with Gasteiger partial charge in [-0.2, -0.15) is 36.8 Å². The van der Waals surface area contributed by atoms with E-state index in [4.69, 9.17) is 30.9 Å². The highest BCUT2D eigenvalue weighted by atomic mass is 32.1. The Morgan fingerprint density at radius 2 is 0.532 bits per heavy atom. The van der Waals surface area contributed by atoms with Gasteiger partial charge in [-0.05, 0) is 275 Å². The van der Waals surface area contributed by atoms with Gasteiger partial charge in [0, 0.05) is 64.9 Å². The fourth-order valence-electron chi connectivity index (χ4n) is 18.5. The molecule has 0 bridgehead atoms. The van der Waals surface area contributed by atoms with E-state index in [1.165, 1.54) is 41.7 Å². The van der Waals surface area contributed by atoms with Crippen LogP contribution < -0.4 is 0 Å². The molecule has 0 radical (unpaired) electrons. The molecule has 0 unspecified atom stereocenters. The molecule has 126 heavy (non-hydrogen) atoms. The molecular formula is C110H50N14OS. The van der Waals surface area contributed by atoms with Gasteiger partial charge in [0.15, 0.2) is 11.3 Å². The third-order valence-corrected chi connectivity index (χ3v) is 25.5. The number of hydrogen-bond acceptors (Lipinski definition) is 15. The average molecular weight is 1620 g/mol. The first-order valence-electron chi connectivity index (χ1n) is 40.3. The van der Waals surface area contributed by atoms with Crippen molar-refractivity contribution in [3.63, 3.8) is 0 Å². The molecule has 572 valence electrons. The Labute approximate surface area is 717 Å². The Bertz CT molecular complexity index is 9080. The van der Waals surface area contributed by atoms with Crippen molar-refractivity contribution in [2.75, 3.05) is 0 Å². The molecule has 0 saturated carbocycles. The van der Waals surface area contributed by atoms with Crippen molar-refractivity contribution in [2.45, 2.75) is 0 Å². The SMILES string of the molecule is N#Cc1cc2c(cc1C#N)c1cc3c(cc1c1cc4ccccc4cc21)oc1ccccc13.N#Cc1cc2c3cc4ccccc4cc3c3nc4ccccc4nc3c2cc1C#N.N#Cc1cc2c3cc4ccccc4cc3c3nc4nccnc4nc3c2cc1C#N.[C-]#[N+]c1cc2c(cc1C#N)c1cc3ccccc3cc1c1cc3sc4ccccc4c3cc21. The lowest BCUT2D eigenvalue weighted by atomic mass is 9.89. The Hall–Kier alpha value is -18.5. The van der Waals surface area contributed by atoms with Crippen molar-refractivity contribution >= 4 is 254 Å². The Morgan fingerprint density at radius 3 is 0.952 bits per heavy atom. The maximum absolute atomic E-state index is 9.71. The maximum Gasteiger partial charge on any atom is 0.205 e. The minimum absolute atomic E-state index is 0.312. The summed E-state index contributed by atoms with van der Waals surface area (Å²) in [6, 6.07) is 113. The third-order valence-electron chi connectivity index (χ3n) is 24.4. The molecule has 0 N–H and O–H groups in total. The highest BCUT2D eigenvalue weighted by Crippen LogP contribution is 2.48. The predicted molar refractivity (Wildman–Crippen MR) is 507 cm³/mol. The minimum Gasteiger partial charge on any atom is -0.456 e. The fourth-order valence-corrected chi connectivity index (χ4v) is 19.7. The first-order chi connectivity index (χ1) is 62.0. The lowest BCUT2D eigenvalue weighted by molar-refractivity contribution is 0.669. The average Bonchev–Trinajstić information content (AvgIpc) is 1.66. The van der Waals surface area contributed by atoms with E-state index >= 15 is 0 Å². The minimum atomic E-state index is 0.312. The molecule has 0 aliphatic rings. The van der Waals surface area contributed by atoms with Gasteiger partial charge in [-0.3, -0.25) is 0 Å². The zero-order chi connectivity index (χ0) is 84.7. The summed E-state index contributed by atoms with van der Waals surface area (Å²) in [5, 5.41) is 101. The Balaban J connectivity index is 0.0000000967. The molecule has 5 heterocycles. The molecule has 0 aliphatic carbocycles. The van der Waals surface area contributed by atoms with Crippen molar-refractivity contribution in [3.8, 4) is 42.5 Å². The van der Waals surface area contributed by atoms with Crippen LogP contribution in [0.15, 0.2) is 308 Å². The van der Waals surface area contributed by atoms with Crippen LogP contribution in [0.3, 0.4) is 0 Å². The van der Waals surface area contributed by atoms with Gasteiger partial charge in [0.1, 0.15) is 47.6 Å². The summed E-state index contributed by atoms with van der Waals surface area (Å²) in [5.41, 5.74) is 10.1. The molecule has 0 atom stereocenters. The van der Waals surface area contributed by atoms with E-state index in [0.29, 0.717) is 67.0 Å². The summed E-state index contributed by atoms with van der Waals surface area (Å²) in [6.45, 7) is 7.63. The smallest absolute Gasteiger partial charge is 0.205 e. The second-order valence-electron chi connectivity index (χ2n) is 31.1. The maximum atomic E-state index is 9.71. The molecule has 16 heteroatoms. The first kappa shape index (κ1) is 72.7. The summed E-state index contributed by atoms with van der Waals surface area (Å²) < 4.78 is 8.73. The van der Waals surface area contributed by atoms with Crippen molar-refractivity contribution in [2.24, 2.45) is 0 Å². The number of nitriles is 7. The lowest BCUT2D eigenvalue weighted by Crippen LogP contribution is -1.96. The predicted octanol–water partition coefficient (Wildman–Crippen LogP) is 27.8. The molecule has 21 aromatic carbocycles. The van der Waals surface area contributed by atoms with E-state index in [2.05, 4.69) is 221 Å². The van der Waals surface area contributed by atoms with Crippen LogP contribution in [0.2, 0.25) is 0 Å². The topological polar surface area (TPSA) is 261 Å². The molecule has 15 nitrogen and oxygen atoms in total. The number of rotatable bonds is 0. The fraction of sp³-hybridized carbons (Fsp3) is 0. The number of nitrogens with zero attached hydrogens (tertiary/aromatic N) is 14. The summed E-state index contributed by atoms with van der Waals surface area (Å²) >= 11 is 1.82. The van der Waals surface area contributed by atoms with Crippen LogP contribution in [0.1, 0.15) is 38.9 Å². The molecule has 26 aromatic rings. The largest absolute Gasteiger partial charge is 0.456 e. The van der Waals surface area contributed by atoms with Gasteiger partial charge in [0.25, 0.3) is 0 Å². The van der Waals surface area contributed by atoms with E-state index in [1.807, 2.05) is 114 Å². The highest BCUT2D eigenvalue weighted by molar-refractivity contribution is 7.26. The number of thiophene rings is 1. The quantitative estimate of drug-likeness (QED) is 0.0777. The number of furan rings is 1.